The van der Waals surface area contributed by atoms with Crippen molar-refractivity contribution in [2.45, 2.75) is 12.6 Å². The monoisotopic (exact) mass is 248 g/mol. The Balaban J connectivity index is 2.21. The lowest BCUT2D eigenvalue weighted by Gasteiger charge is -2.15. The average molecular weight is 248 g/mol. The zero-order valence-electron chi connectivity index (χ0n) is 10.4. The number of aliphatic hydroxyl groups excluding tert-OH is 1. The Bertz CT molecular complexity index is 497. The highest BCUT2D eigenvalue weighted by molar-refractivity contribution is 5.41. The van der Waals surface area contributed by atoms with Crippen molar-refractivity contribution in [2.24, 2.45) is 0 Å². The van der Waals surface area contributed by atoms with Crippen LogP contribution in [0.15, 0.2) is 36.7 Å². The van der Waals surface area contributed by atoms with E-state index in [2.05, 4.69) is 5.10 Å². The third-order valence-corrected chi connectivity index (χ3v) is 2.72. The largest absolute Gasteiger partial charge is 0.497 e. The van der Waals surface area contributed by atoms with Gasteiger partial charge in [0.1, 0.15) is 17.6 Å². The fraction of sp³-hybridized carbons (Fsp3) is 0.308. The number of hydrogen-bond donors (Lipinski definition) is 1. The maximum Gasteiger partial charge on any atom is 0.128 e. The molecule has 5 nitrogen and oxygen atoms in total. The van der Waals surface area contributed by atoms with Crippen molar-refractivity contribution in [3.8, 4) is 11.5 Å². The van der Waals surface area contributed by atoms with Gasteiger partial charge in [-0.25, -0.2) is 0 Å². The van der Waals surface area contributed by atoms with E-state index >= 15 is 0 Å². The number of rotatable bonds is 5. The second kappa shape index (κ2) is 5.55. The third kappa shape index (κ3) is 2.62. The molecule has 0 amide bonds. The molecule has 0 saturated carbocycles. The van der Waals surface area contributed by atoms with Crippen LogP contribution in [-0.2, 0) is 6.54 Å². The molecule has 0 aliphatic rings. The smallest absolute Gasteiger partial charge is 0.128 e. The van der Waals surface area contributed by atoms with Crippen LogP contribution < -0.4 is 9.47 Å². The summed E-state index contributed by atoms with van der Waals surface area (Å²) in [5.41, 5.74) is 0.716. The Hall–Kier alpha value is -2.01. The molecular weight excluding hydrogens is 232 g/mol. The van der Waals surface area contributed by atoms with Gasteiger partial charge in [0.15, 0.2) is 0 Å². The van der Waals surface area contributed by atoms with Crippen LogP contribution in [-0.4, -0.2) is 29.1 Å². The molecule has 0 spiro atoms. The summed E-state index contributed by atoms with van der Waals surface area (Å²) in [6.45, 7) is 0.385. The average Bonchev–Trinajstić information content (AvgIpc) is 2.90. The van der Waals surface area contributed by atoms with Gasteiger partial charge >= 0.3 is 0 Å². The van der Waals surface area contributed by atoms with E-state index in [1.54, 1.807) is 49.5 Å². The molecule has 1 heterocycles. The Morgan fingerprint density at radius 3 is 2.78 bits per heavy atom. The summed E-state index contributed by atoms with van der Waals surface area (Å²) in [4.78, 5) is 0. The van der Waals surface area contributed by atoms with E-state index in [4.69, 9.17) is 9.47 Å². The normalized spacial score (nSPS) is 12.2. The van der Waals surface area contributed by atoms with E-state index in [9.17, 15) is 5.11 Å². The Morgan fingerprint density at radius 1 is 1.33 bits per heavy atom. The molecule has 2 aromatic rings. The van der Waals surface area contributed by atoms with Crippen LogP contribution in [0.1, 0.15) is 11.7 Å². The summed E-state index contributed by atoms with van der Waals surface area (Å²) in [5, 5.41) is 14.2. The van der Waals surface area contributed by atoms with Crippen LogP contribution in [0.5, 0.6) is 11.5 Å². The van der Waals surface area contributed by atoms with Gasteiger partial charge in [-0.2, -0.15) is 5.10 Å². The van der Waals surface area contributed by atoms with Gasteiger partial charge in [-0.1, -0.05) is 0 Å². The van der Waals surface area contributed by atoms with Crippen molar-refractivity contribution < 1.29 is 14.6 Å². The lowest BCUT2D eigenvalue weighted by molar-refractivity contribution is 0.147. The lowest BCUT2D eigenvalue weighted by Crippen LogP contribution is -2.10. The van der Waals surface area contributed by atoms with Crippen LogP contribution >= 0.6 is 0 Å². The molecule has 0 aliphatic carbocycles. The first-order valence-corrected chi connectivity index (χ1v) is 5.62. The van der Waals surface area contributed by atoms with E-state index in [0.717, 1.165) is 0 Å². The van der Waals surface area contributed by atoms with Gasteiger partial charge in [0, 0.05) is 24.0 Å². The van der Waals surface area contributed by atoms with Crippen molar-refractivity contribution in [3.05, 3.63) is 42.2 Å². The highest BCUT2D eigenvalue weighted by Crippen LogP contribution is 2.30. The Labute approximate surface area is 106 Å². The molecule has 1 atom stereocenters. The SMILES string of the molecule is COc1ccc(C(O)Cn2cccn2)c(OC)c1. The van der Waals surface area contributed by atoms with Crippen molar-refractivity contribution in [2.75, 3.05) is 14.2 Å². The zero-order valence-corrected chi connectivity index (χ0v) is 10.4. The molecule has 0 saturated heterocycles. The molecule has 2 rings (SSSR count). The first-order valence-electron chi connectivity index (χ1n) is 5.62. The molecule has 0 fully saturated rings. The first-order chi connectivity index (χ1) is 8.74. The zero-order chi connectivity index (χ0) is 13.0. The van der Waals surface area contributed by atoms with E-state index in [0.29, 0.717) is 23.6 Å². The third-order valence-electron chi connectivity index (χ3n) is 2.72. The van der Waals surface area contributed by atoms with Gasteiger partial charge in [-0.3, -0.25) is 4.68 Å². The van der Waals surface area contributed by atoms with E-state index < -0.39 is 6.10 Å². The number of benzene rings is 1. The summed E-state index contributed by atoms with van der Waals surface area (Å²) >= 11 is 0. The second-order valence-electron chi connectivity index (χ2n) is 3.85. The number of ether oxygens (including phenoxy) is 2. The fourth-order valence-electron chi connectivity index (χ4n) is 1.78. The van der Waals surface area contributed by atoms with Crippen molar-refractivity contribution in [1.82, 2.24) is 9.78 Å². The fourth-order valence-corrected chi connectivity index (χ4v) is 1.78. The molecule has 1 unspecified atom stereocenters. The predicted molar refractivity (Wildman–Crippen MR) is 66.7 cm³/mol. The van der Waals surface area contributed by atoms with E-state index in [1.165, 1.54) is 0 Å². The quantitative estimate of drug-likeness (QED) is 0.873. The molecule has 0 aliphatic heterocycles. The van der Waals surface area contributed by atoms with Gasteiger partial charge < -0.3 is 14.6 Å². The molecule has 5 heteroatoms. The number of aromatic nitrogens is 2. The standard InChI is InChI=1S/C13H16N2O3/c1-17-10-4-5-11(13(8-10)18-2)12(16)9-15-7-3-6-14-15/h3-8,12,16H,9H2,1-2H3. The van der Waals surface area contributed by atoms with Crippen molar-refractivity contribution >= 4 is 0 Å². The number of hydrogen-bond acceptors (Lipinski definition) is 4. The lowest BCUT2D eigenvalue weighted by atomic mass is 10.1. The van der Waals surface area contributed by atoms with Crippen molar-refractivity contribution in [1.29, 1.82) is 0 Å². The van der Waals surface area contributed by atoms with E-state index in [1.807, 2.05) is 6.07 Å². The van der Waals surface area contributed by atoms with Crippen molar-refractivity contribution in [3.63, 3.8) is 0 Å². The van der Waals surface area contributed by atoms with Crippen LogP contribution in [0, 0.1) is 0 Å². The second-order valence-corrected chi connectivity index (χ2v) is 3.85. The van der Waals surface area contributed by atoms with Gasteiger partial charge in [0.25, 0.3) is 0 Å². The number of nitrogens with zero attached hydrogens (tertiary/aromatic N) is 2. The summed E-state index contributed by atoms with van der Waals surface area (Å²) < 4.78 is 12.1. The molecule has 1 N–H and O–H groups in total. The molecule has 18 heavy (non-hydrogen) atoms. The van der Waals surface area contributed by atoms with Gasteiger partial charge in [-0.15, -0.1) is 0 Å². The molecule has 0 bridgehead atoms. The Morgan fingerprint density at radius 2 is 2.17 bits per heavy atom. The number of methoxy groups -OCH3 is 2. The first kappa shape index (κ1) is 12.4. The molecule has 96 valence electrons. The summed E-state index contributed by atoms with van der Waals surface area (Å²) in [6, 6.07) is 7.16. The Kier molecular flexibility index (Phi) is 3.84. The number of aliphatic hydroxyl groups is 1. The molecular formula is C13H16N2O3. The predicted octanol–water partition coefficient (Wildman–Crippen LogP) is 1.63. The van der Waals surface area contributed by atoms with Gasteiger partial charge in [-0.05, 0) is 18.2 Å². The van der Waals surface area contributed by atoms with E-state index in [-0.39, 0.29) is 0 Å². The van der Waals surface area contributed by atoms with Crippen LogP contribution in [0.4, 0.5) is 0 Å². The maximum absolute atomic E-state index is 10.2. The summed E-state index contributed by atoms with van der Waals surface area (Å²) in [7, 11) is 3.16. The minimum absolute atomic E-state index is 0.385. The minimum atomic E-state index is -0.675. The molecule has 1 aromatic carbocycles. The summed E-state index contributed by atoms with van der Waals surface area (Å²) in [6.07, 6.45) is 2.81. The highest BCUT2D eigenvalue weighted by atomic mass is 16.5. The van der Waals surface area contributed by atoms with Gasteiger partial charge in [0.2, 0.25) is 0 Å². The van der Waals surface area contributed by atoms with Crippen LogP contribution in [0.25, 0.3) is 0 Å². The topological polar surface area (TPSA) is 56.5 Å². The minimum Gasteiger partial charge on any atom is -0.497 e. The van der Waals surface area contributed by atoms with Crippen LogP contribution in [0.3, 0.4) is 0 Å². The van der Waals surface area contributed by atoms with Gasteiger partial charge in [0.05, 0.1) is 20.8 Å². The molecule has 1 aromatic heterocycles. The van der Waals surface area contributed by atoms with Crippen LogP contribution in [0.2, 0.25) is 0 Å². The molecule has 0 radical (unpaired) electrons. The summed E-state index contributed by atoms with van der Waals surface area (Å²) in [5.74, 6) is 1.30. The highest BCUT2D eigenvalue weighted by Gasteiger charge is 2.14. The maximum atomic E-state index is 10.2.